The van der Waals surface area contributed by atoms with Crippen molar-refractivity contribution in [3.8, 4) is 0 Å². The fourth-order valence-electron chi connectivity index (χ4n) is 2.44. The van der Waals surface area contributed by atoms with Gasteiger partial charge in [-0.25, -0.2) is 0 Å². The van der Waals surface area contributed by atoms with Crippen molar-refractivity contribution in [1.29, 1.82) is 0 Å². The highest BCUT2D eigenvalue weighted by molar-refractivity contribution is 5.78. The number of hydrogen-bond donors (Lipinski definition) is 0. The van der Waals surface area contributed by atoms with Crippen LogP contribution in [0.2, 0.25) is 0 Å². The Morgan fingerprint density at radius 1 is 1.20 bits per heavy atom. The molecule has 0 aliphatic carbocycles. The van der Waals surface area contributed by atoms with Crippen LogP contribution in [-0.4, -0.2) is 5.78 Å². The van der Waals surface area contributed by atoms with Crippen molar-refractivity contribution >= 4 is 5.78 Å². The molecule has 0 aromatic carbocycles. The molecule has 0 aliphatic rings. The summed E-state index contributed by atoms with van der Waals surface area (Å²) < 4.78 is 0. The van der Waals surface area contributed by atoms with Gasteiger partial charge in [-0.05, 0) is 31.1 Å². The van der Waals surface area contributed by atoms with E-state index >= 15 is 0 Å². The van der Waals surface area contributed by atoms with Gasteiger partial charge in [0.25, 0.3) is 0 Å². The van der Waals surface area contributed by atoms with Crippen LogP contribution in [0.1, 0.15) is 67.2 Å². The van der Waals surface area contributed by atoms with Gasteiger partial charge in [0.05, 0.1) is 0 Å². The summed E-state index contributed by atoms with van der Waals surface area (Å²) in [7, 11) is 0. The van der Waals surface area contributed by atoms with Crippen LogP contribution in [0.15, 0.2) is 0 Å². The Labute approximate surface area is 95.6 Å². The van der Waals surface area contributed by atoms with E-state index in [9.17, 15) is 4.79 Å². The molecule has 0 aromatic rings. The summed E-state index contributed by atoms with van der Waals surface area (Å²) in [6, 6.07) is 0. The molecule has 90 valence electrons. The van der Waals surface area contributed by atoms with Gasteiger partial charge in [0.15, 0.2) is 0 Å². The lowest BCUT2D eigenvalue weighted by molar-refractivity contribution is -0.123. The van der Waals surface area contributed by atoms with E-state index in [4.69, 9.17) is 0 Å². The second kappa shape index (κ2) is 6.30. The fourth-order valence-corrected chi connectivity index (χ4v) is 2.44. The molecule has 0 amide bonds. The summed E-state index contributed by atoms with van der Waals surface area (Å²) >= 11 is 0. The van der Waals surface area contributed by atoms with Gasteiger partial charge in [0.1, 0.15) is 5.78 Å². The summed E-state index contributed by atoms with van der Waals surface area (Å²) in [6.07, 6.45) is 4.46. The van der Waals surface area contributed by atoms with Gasteiger partial charge in [-0.1, -0.05) is 47.5 Å². The van der Waals surface area contributed by atoms with Crippen molar-refractivity contribution in [2.24, 2.45) is 17.3 Å². The predicted molar refractivity (Wildman–Crippen MR) is 66.9 cm³/mol. The highest BCUT2D eigenvalue weighted by atomic mass is 16.1. The second-order valence-electron chi connectivity index (χ2n) is 5.94. The van der Waals surface area contributed by atoms with Gasteiger partial charge in [0, 0.05) is 5.92 Å². The monoisotopic (exact) mass is 212 g/mol. The smallest absolute Gasteiger partial charge is 0.133 e. The van der Waals surface area contributed by atoms with Crippen LogP contribution >= 0.6 is 0 Å². The van der Waals surface area contributed by atoms with Gasteiger partial charge in [-0.3, -0.25) is 4.79 Å². The molecule has 0 spiro atoms. The fraction of sp³-hybridized carbons (Fsp3) is 0.929. The van der Waals surface area contributed by atoms with Crippen LogP contribution in [0.4, 0.5) is 0 Å². The predicted octanol–water partition coefficient (Wildman–Crippen LogP) is 4.45. The van der Waals surface area contributed by atoms with Gasteiger partial charge in [0.2, 0.25) is 0 Å². The van der Waals surface area contributed by atoms with Crippen molar-refractivity contribution < 1.29 is 4.79 Å². The van der Waals surface area contributed by atoms with Crippen molar-refractivity contribution in [3.63, 3.8) is 0 Å². The van der Waals surface area contributed by atoms with Crippen LogP contribution in [-0.2, 0) is 4.79 Å². The summed E-state index contributed by atoms with van der Waals surface area (Å²) in [5, 5.41) is 0. The van der Waals surface area contributed by atoms with Crippen LogP contribution in [0.25, 0.3) is 0 Å². The van der Waals surface area contributed by atoms with Gasteiger partial charge in [-0.15, -0.1) is 0 Å². The Kier molecular flexibility index (Phi) is 6.16. The van der Waals surface area contributed by atoms with Crippen molar-refractivity contribution in [2.45, 2.75) is 67.2 Å². The van der Waals surface area contributed by atoms with E-state index in [0.29, 0.717) is 23.0 Å². The van der Waals surface area contributed by atoms with E-state index in [1.54, 1.807) is 6.92 Å². The van der Waals surface area contributed by atoms with Gasteiger partial charge >= 0.3 is 0 Å². The molecular weight excluding hydrogens is 184 g/mol. The number of hydrogen-bond acceptors (Lipinski definition) is 1. The molecule has 0 fully saturated rings. The Morgan fingerprint density at radius 3 is 2.00 bits per heavy atom. The molecule has 0 aromatic heterocycles. The molecule has 2 atom stereocenters. The molecule has 15 heavy (non-hydrogen) atoms. The SMILES string of the molecule is CCCC(C(C)=O)C(CC)CC(C)(C)C. The number of carbonyl (C=O) groups is 1. The van der Waals surface area contributed by atoms with E-state index in [-0.39, 0.29) is 0 Å². The van der Waals surface area contributed by atoms with E-state index in [0.717, 1.165) is 25.7 Å². The summed E-state index contributed by atoms with van der Waals surface area (Å²) in [5.41, 5.74) is 0.335. The molecule has 0 heterocycles. The third-order valence-corrected chi connectivity index (χ3v) is 3.09. The van der Waals surface area contributed by atoms with Crippen LogP contribution in [0.5, 0.6) is 0 Å². The van der Waals surface area contributed by atoms with Gasteiger partial charge in [-0.2, -0.15) is 0 Å². The quantitative estimate of drug-likeness (QED) is 0.635. The van der Waals surface area contributed by atoms with E-state index in [1.807, 2.05) is 0 Å². The standard InChI is InChI=1S/C14H28O/c1-7-9-13(11(3)15)12(8-2)10-14(4,5)6/h12-13H,7-10H2,1-6H3. The number of ketones is 1. The lowest BCUT2D eigenvalue weighted by atomic mass is 9.74. The number of carbonyl (C=O) groups excluding carboxylic acids is 1. The van der Waals surface area contributed by atoms with E-state index in [1.165, 1.54) is 0 Å². The molecule has 0 saturated heterocycles. The Hall–Kier alpha value is -0.330. The van der Waals surface area contributed by atoms with Crippen LogP contribution < -0.4 is 0 Å². The van der Waals surface area contributed by atoms with E-state index < -0.39 is 0 Å². The molecule has 0 N–H and O–H groups in total. The molecule has 1 heteroatoms. The molecule has 0 bridgehead atoms. The van der Waals surface area contributed by atoms with Crippen LogP contribution in [0, 0.1) is 17.3 Å². The second-order valence-corrected chi connectivity index (χ2v) is 5.94. The maximum Gasteiger partial charge on any atom is 0.133 e. The molecule has 1 nitrogen and oxygen atoms in total. The largest absolute Gasteiger partial charge is 0.300 e. The zero-order valence-corrected chi connectivity index (χ0v) is 11.4. The average Bonchev–Trinajstić information content (AvgIpc) is 2.08. The van der Waals surface area contributed by atoms with Crippen LogP contribution in [0.3, 0.4) is 0 Å². The lowest BCUT2D eigenvalue weighted by Gasteiger charge is -2.30. The first-order valence-electron chi connectivity index (χ1n) is 6.32. The lowest BCUT2D eigenvalue weighted by Crippen LogP contribution is -2.25. The molecule has 2 unspecified atom stereocenters. The van der Waals surface area contributed by atoms with E-state index in [2.05, 4.69) is 34.6 Å². The minimum absolute atomic E-state index is 0.291. The Morgan fingerprint density at radius 2 is 1.73 bits per heavy atom. The molecule has 0 rings (SSSR count). The maximum absolute atomic E-state index is 11.6. The first kappa shape index (κ1) is 14.7. The third-order valence-electron chi connectivity index (χ3n) is 3.09. The van der Waals surface area contributed by atoms with Crippen molar-refractivity contribution in [1.82, 2.24) is 0 Å². The average molecular weight is 212 g/mol. The number of Topliss-reactive ketones (excluding diaryl/α,β-unsaturated/α-hetero) is 1. The topological polar surface area (TPSA) is 17.1 Å². The first-order chi connectivity index (χ1) is 6.81. The molecule has 0 saturated carbocycles. The van der Waals surface area contributed by atoms with Crippen molar-refractivity contribution in [2.75, 3.05) is 0 Å². The zero-order chi connectivity index (χ0) is 12.1. The molecule has 0 radical (unpaired) electrons. The molecule has 0 aliphatic heterocycles. The Balaban J connectivity index is 4.52. The zero-order valence-electron chi connectivity index (χ0n) is 11.4. The first-order valence-corrected chi connectivity index (χ1v) is 6.32. The highest BCUT2D eigenvalue weighted by Gasteiger charge is 2.27. The summed E-state index contributed by atoms with van der Waals surface area (Å²) in [4.78, 5) is 11.6. The minimum Gasteiger partial charge on any atom is -0.300 e. The summed E-state index contributed by atoms with van der Waals surface area (Å²) in [6.45, 7) is 12.9. The van der Waals surface area contributed by atoms with Gasteiger partial charge < -0.3 is 0 Å². The summed E-state index contributed by atoms with van der Waals surface area (Å²) in [5.74, 6) is 1.25. The Bertz CT molecular complexity index is 188. The maximum atomic E-state index is 11.6. The molecular formula is C14H28O. The highest BCUT2D eigenvalue weighted by Crippen LogP contribution is 2.33. The minimum atomic E-state index is 0.291. The number of rotatable bonds is 6. The third kappa shape index (κ3) is 5.96. The normalized spacial score (nSPS) is 16.1. The van der Waals surface area contributed by atoms with Crippen molar-refractivity contribution in [3.05, 3.63) is 0 Å².